The minimum atomic E-state index is -0.740. The van der Waals surface area contributed by atoms with Crippen LogP contribution in [0.15, 0.2) is 0 Å². The van der Waals surface area contributed by atoms with Crippen molar-refractivity contribution < 1.29 is 14.7 Å². The molecular formula is C16H28N2O3. The Bertz CT molecular complexity index is 395. The fraction of sp³-hybridized carbons (Fsp3) is 0.875. The van der Waals surface area contributed by atoms with Gasteiger partial charge in [0.05, 0.1) is 5.41 Å². The number of carbonyl (C=O) groups excluding carboxylic acids is 1. The van der Waals surface area contributed by atoms with Crippen LogP contribution in [0.3, 0.4) is 0 Å². The molecule has 2 unspecified atom stereocenters. The first-order chi connectivity index (χ1) is 10.0. The number of nitrogens with zero attached hydrogens (tertiary/aromatic N) is 2. The van der Waals surface area contributed by atoms with Crippen molar-refractivity contribution in [2.24, 2.45) is 5.41 Å². The van der Waals surface area contributed by atoms with E-state index >= 15 is 0 Å². The summed E-state index contributed by atoms with van der Waals surface area (Å²) in [7, 11) is 0. The van der Waals surface area contributed by atoms with Crippen LogP contribution in [0.5, 0.6) is 0 Å². The topological polar surface area (TPSA) is 60.9 Å². The Balaban J connectivity index is 2.09. The lowest BCUT2D eigenvalue weighted by Gasteiger charge is -2.42. The zero-order valence-corrected chi connectivity index (χ0v) is 13.3. The Morgan fingerprint density at radius 3 is 2.62 bits per heavy atom. The highest BCUT2D eigenvalue weighted by Crippen LogP contribution is 2.36. The second kappa shape index (κ2) is 6.67. The first-order valence-corrected chi connectivity index (χ1v) is 8.33. The second-order valence-electron chi connectivity index (χ2n) is 6.54. The van der Waals surface area contributed by atoms with Gasteiger partial charge < -0.3 is 14.9 Å². The molecule has 0 radical (unpaired) electrons. The Morgan fingerprint density at radius 1 is 1.24 bits per heavy atom. The maximum atomic E-state index is 12.7. The first kappa shape index (κ1) is 16.1. The van der Waals surface area contributed by atoms with E-state index in [4.69, 9.17) is 0 Å². The van der Waals surface area contributed by atoms with Crippen molar-refractivity contribution in [3.63, 3.8) is 0 Å². The van der Waals surface area contributed by atoms with Crippen molar-refractivity contribution in [2.75, 3.05) is 19.6 Å². The van der Waals surface area contributed by atoms with Gasteiger partial charge in [-0.1, -0.05) is 20.3 Å². The summed E-state index contributed by atoms with van der Waals surface area (Å²) >= 11 is 0. The van der Waals surface area contributed by atoms with Crippen LogP contribution in [0.1, 0.15) is 58.8 Å². The predicted octanol–water partition coefficient (Wildman–Crippen LogP) is 2.95. The Hall–Kier alpha value is -1.26. The summed E-state index contributed by atoms with van der Waals surface area (Å²) in [5.74, 6) is -0.740. The van der Waals surface area contributed by atoms with Crippen LogP contribution in [-0.2, 0) is 4.79 Å². The molecule has 0 aromatic carbocycles. The minimum absolute atomic E-state index is 0.0563. The molecule has 2 rings (SSSR count). The van der Waals surface area contributed by atoms with E-state index in [-0.39, 0.29) is 6.03 Å². The summed E-state index contributed by atoms with van der Waals surface area (Å²) in [6.07, 6.45) is 6.11. The van der Waals surface area contributed by atoms with Gasteiger partial charge in [0.2, 0.25) is 0 Å². The van der Waals surface area contributed by atoms with Crippen LogP contribution in [0, 0.1) is 5.41 Å². The van der Waals surface area contributed by atoms with E-state index in [0.29, 0.717) is 32.0 Å². The van der Waals surface area contributed by atoms with E-state index in [2.05, 4.69) is 6.92 Å². The van der Waals surface area contributed by atoms with Crippen LogP contribution >= 0.6 is 0 Å². The zero-order valence-electron chi connectivity index (χ0n) is 13.3. The number of carboxylic acid groups (broad SMARTS) is 1. The maximum absolute atomic E-state index is 12.7. The smallest absolute Gasteiger partial charge is 0.320 e. The van der Waals surface area contributed by atoms with Crippen LogP contribution in [0.2, 0.25) is 0 Å². The van der Waals surface area contributed by atoms with Gasteiger partial charge in [-0.25, -0.2) is 4.79 Å². The molecule has 5 nitrogen and oxygen atoms in total. The van der Waals surface area contributed by atoms with Crippen molar-refractivity contribution in [3.05, 3.63) is 0 Å². The van der Waals surface area contributed by atoms with E-state index in [1.165, 1.54) is 0 Å². The standard InChI is InChI=1S/C16H28N2O3/c1-3-8-16(14(19)20)9-6-10-17(12-16)15(21)18-11-5-7-13(18)4-2/h13H,3-12H2,1-2H3,(H,19,20). The number of urea groups is 1. The number of carboxylic acids is 1. The number of carbonyl (C=O) groups is 2. The molecule has 0 aromatic rings. The quantitative estimate of drug-likeness (QED) is 0.867. The number of rotatable bonds is 4. The van der Waals surface area contributed by atoms with Crippen LogP contribution in [-0.4, -0.2) is 52.6 Å². The highest BCUT2D eigenvalue weighted by molar-refractivity contribution is 5.79. The lowest BCUT2D eigenvalue weighted by Crippen LogP contribution is -2.54. The molecular weight excluding hydrogens is 268 g/mol. The molecule has 0 aromatic heterocycles. The summed E-state index contributed by atoms with van der Waals surface area (Å²) in [5, 5.41) is 9.63. The van der Waals surface area contributed by atoms with Crippen molar-refractivity contribution in [1.82, 2.24) is 9.80 Å². The van der Waals surface area contributed by atoms with E-state index in [1.54, 1.807) is 4.90 Å². The normalized spacial score (nSPS) is 29.7. The molecule has 2 aliphatic rings. The largest absolute Gasteiger partial charge is 0.481 e. The van der Waals surface area contributed by atoms with Gasteiger partial charge >= 0.3 is 12.0 Å². The summed E-state index contributed by atoms with van der Waals surface area (Å²) in [6.45, 7) is 6.03. The van der Waals surface area contributed by atoms with Crippen LogP contribution in [0.25, 0.3) is 0 Å². The average molecular weight is 296 g/mol. The van der Waals surface area contributed by atoms with E-state index in [0.717, 1.165) is 38.6 Å². The van der Waals surface area contributed by atoms with Gasteiger partial charge in [0, 0.05) is 25.7 Å². The number of hydrogen-bond acceptors (Lipinski definition) is 2. The van der Waals surface area contributed by atoms with Gasteiger partial charge in [0.15, 0.2) is 0 Å². The van der Waals surface area contributed by atoms with Crippen molar-refractivity contribution in [1.29, 1.82) is 0 Å². The Labute approximate surface area is 127 Å². The molecule has 2 atom stereocenters. The molecule has 2 aliphatic heterocycles. The van der Waals surface area contributed by atoms with Crippen LogP contribution < -0.4 is 0 Å². The third-order valence-corrected chi connectivity index (χ3v) is 5.12. The lowest BCUT2D eigenvalue weighted by molar-refractivity contribution is -0.152. The van der Waals surface area contributed by atoms with Crippen molar-refractivity contribution in [3.8, 4) is 0 Å². The number of aliphatic carboxylic acids is 1. The molecule has 2 heterocycles. The third kappa shape index (κ3) is 3.16. The summed E-state index contributed by atoms with van der Waals surface area (Å²) in [4.78, 5) is 28.2. The molecule has 2 saturated heterocycles. The van der Waals surface area contributed by atoms with Gasteiger partial charge in [0.1, 0.15) is 0 Å². The predicted molar refractivity (Wildman–Crippen MR) is 81.2 cm³/mol. The fourth-order valence-electron chi connectivity index (χ4n) is 3.95. The number of piperidine rings is 1. The lowest BCUT2D eigenvalue weighted by atomic mass is 9.76. The molecule has 0 aliphatic carbocycles. The number of amides is 2. The van der Waals surface area contributed by atoms with E-state index < -0.39 is 11.4 Å². The highest BCUT2D eigenvalue weighted by atomic mass is 16.4. The van der Waals surface area contributed by atoms with Gasteiger partial charge in [-0.3, -0.25) is 4.79 Å². The first-order valence-electron chi connectivity index (χ1n) is 8.33. The summed E-state index contributed by atoms with van der Waals surface area (Å²) in [6, 6.07) is 0.394. The Kier molecular flexibility index (Phi) is 5.12. The van der Waals surface area contributed by atoms with Crippen LogP contribution in [0.4, 0.5) is 4.79 Å². The molecule has 0 saturated carbocycles. The number of likely N-dealkylation sites (tertiary alicyclic amines) is 2. The van der Waals surface area contributed by atoms with Crippen molar-refractivity contribution >= 4 is 12.0 Å². The summed E-state index contributed by atoms with van der Waals surface area (Å²) < 4.78 is 0. The number of hydrogen-bond donors (Lipinski definition) is 1. The van der Waals surface area contributed by atoms with Gasteiger partial charge in [-0.2, -0.15) is 0 Å². The van der Waals surface area contributed by atoms with Gasteiger partial charge in [-0.15, -0.1) is 0 Å². The maximum Gasteiger partial charge on any atom is 0.320 e. The molecule has 0 spiro atoms. The van der Waals surface area contributed by atoms with E-state index in [1.807, 2.05) is 11.8 Å². The molecule has 0 bridgehead atoms. The van der Waals surface area contributed by atoms with Gasteiger partial charge in [0.25, 0.3) is 0 Å². The molecule has 21 heavy (non-hydrogen) atoms. The Morgan fingerprint density at radius 2 is 2.00 bits per heavy atom. The molecule has 2 fully saturated rings. The molecule has 120 valence electrons. The minimum Gasteiger partial charge on any atom is -0.481 e. The molecule has 1 N–H and O–H groups in total. The molecule has 5 heteroatoms. The third-order valence-electron chi connectivity index (χ3n) is 5.12. The highest BCUT2D eigenvalue weighted by Gasteiger charge is 2.44. The fourth-order valence-corrected chi connectivity index (χ4v) is 3.95. The second-order valence-corrected chi connectivity index (χ2v) is 6.54. The van der Waals surface area contributed by atoms with E-state index in [9.17, 15) is 14.7 Å². The zero-order chi connectivity index (χ0) is 15.5. The average Bonchev–Trinajstić information content (AvgIpc) is 2.95. The molecule has 2 amide bonds. The van der Waals surface area contributed by atoms with Gasteiger partial charge in [-0.05, 0) is 38.5 Å². The SMILES string of the molecule is CCCC1(C(=O)O)CCCN(C(=O)N2CCCC2CC)C1. The summed E-state index contributed by atoms with van der Waals surface area (Å²) in [5.41, 5.74) is -0.732. The van der Waals surface area contributed by atoms with Crippen molar-refractivity contribution in [2.45, 2.75) is 64.8 Å². The monoisotopic (exact) mass is 296 g/mol.